The molecule has 0 radical (unpaired) electrons. The van der Waals surface area contributed by atoms with E-state index in [0.29, 0.717) is 12.6 Å². The first-order chi connectivity index (χ1) is 10.2. The molecule has 0 atom stereocenters. The van der Waals surface area contributed by atoms with Crippen LogP contribution in [0.1, 0.15) is 29.5 Å². The highest BCUT2D eigenvalue weighted by Crippen LogP contribution is 2.26. The smallest absolute Gasteiger partial charge is 0.108 e. The van der Waals surface area contributed by atoms with E-state index in [1.807, 2.05) is 16.9 Å². The number of ether oxygens (including phenoxy) is 1. The second kappa shape index (κ2) is 6.87. The third-order valence-electron chi connectivity index (χ3n) is 3.79. The van der Waals surface area contributed by atoms with Crippen molar-refractivity contribution in [3.63, 3.8) is 0 Å². The molecule has 3 rings (SSSR count). The van der Waals surface area contributed by atoms with Crippen LogP contribution < -0.4 is 0 Å². The molecule has 2 aromatic heterocycles. The highest BCUT2D eigenvalue weighted by atomic mass is 35.5. The first-order valence-corrected chi connectivity index (χ1v) is 8.30. The van der Waals surface area contributed by atoms with Crippen LogP contribution in [-0.4, -0.2) is 40.1 Å². The normalized spacial score (nSPS) is 17.4. The zero-order valence-electron chi connectivity index (χ0n) is 12.0. The number of nitrogens with zero attached hydrogens (tertiary/aromatic N) is 4. The van der Waals surface area contributed by atoms with Crippen molar-refractivity contribution in [3.8, 4) is 0 Å². The summed E-state index contributed by atoms with van der Waals surface area (Å²) < 4.78 is 7.94. The van der Waals surface area contributed by atoms with E-state index in [1.165, 1.54) is 4.88 Å². The molecule has 114 valence electrons. The van der Waals surface area contributed by atoms with Crippen LogP contribution in [0.15, 0.2) is 18.3 Å². The monoisotopic (exact) mass is 326 g/mol. The molecular formula is C14H19ClN4OS. The summed E-state index contributed by atoms with van der Waals surface area (Å²) in [6.45, 7) is 3.69. The molecule has 1 saturated heterocycles. The van der Waals surface area contributed by atoms with Gasteiger partial charge in [0.1, 0.15) is 5.69 Å². The summed E-state index contributed by atoms with van der Waals surface area (Å²) in [5.41, 5.74) is 0.896. The Balaban J connectivity index is 1.52. The molecule has 0 aliphatic carbocycles. The van der Waals surface area contributed by atoms with E-state index in [1.54, 1.807) is 18.4 Å². The van der Waals surface area contributed by atoms with Gasteiger partial charge in [0.2, 0.25) is 0 Å². The Labute approximate surface area is 133 Å². The van der Waals surface area contributed by atoms with Gasteiger partial charge in [-0.1, -0.05) is 16.8 Å². The van der Waals surface area contributed by atoms with Gasteiger partial charge in [-0.05, 0) is 25.0 Å². The molecule has 0 amide bonds. The van der Waals surface area contributed by atoms with Crippen LogP contribution in [0, 0.1) is 0 Å². The van der Waals surface area contributed by atoms with Gasteiger partial charge in [0.25, 0.3) is 0 Å². The van der Waals surface area contributed by atoms with Gasteiger partial charge < -0.3 is 4.74 Å². The third-order valence-corrected chi connectivity index (χ3v) is 5.01. The maximum Gasteiger partial charge on any atom is 0.108 e. The second-order valence-corrected chi connectivity index (χ2v) is 7.14. The number of hydrogen-bond donors (Lipinski definition) is 0. The van der Waals surface area contributed by atoms with Gasteiger partial charge in [-0.15, -0.1) is 16.4 Å². The molecule has 3 heterocycles. The fourth-order valence-electron chi connectivity index (χ4n) is 2.70. The topological polar surface area (TPSA) is 43.2 Å². The average molecular weight is 327 g/mol. The summed E-state index contributed by atoms with van der Waals surface area (Å²) in [5.74, 6) is 0. The SMILES string of the molecule is COCc1cn(C2CCN(Cc3ccc(Cl)s3)CC2)nn1. The lowest BCUT2D eigenvalue weighted by Gasteiger charge is -2.31. The minimum atomic E-state index is 0.450. The van der Waals surface area contributed by atoms with Crippen molar-refractivity contribution in [1.29, 1.82) is 0 Å². The number of methoxy groups -OCH3 is 1. The summed E-state index contributed by atoms with van der Waals surface area (Å²) >= 11 is 7.65. The van der Waals surface area contributed by atoms with Crippen LogP contribution in [0.5, 0.6) is 0 Å². The molecule has 0 bridgehead atoms. The molecule has 2 aromatic rings. The van der Waals surface area contributed by atoms with E-state index in [4.69, 9.17) is 16.3 Å². The Hall–Kier alpha value is -0.950. The molecule has 7 heteroatoms. The van der Waals surface area contributed by atoms with Gasteiger partial charge in [0.05, 0.1) is 23.2 Å². The number of rotatable bonds is 5. The van der Waals surface area contributed by atoms with Crippen molar-refractivity contribution >= 4 is 22.9 Å². The quantitative estimate of drug-likeness (QED) is 0.847. The van der Waals surface area contributed by atoms with Crippen LogP contribution in [0.2, 0.25) is 4.34 Å². The lowest BCUT2D eigenvalue weighted by molar-refractivity contribution is 0.173. The minimum absolute atomic E-state index is 0.450. The van der Waals surface area contributed by atoms with Gasteiger partial charge in [-0.25, -0.2) is 4.68 Å². The lowest BCUT2D eigenvalue weighted by atomic mass is 10.1. The highest BCUT2D eigenvalue weighted by molar-refractivity contribution is 7.16. The van der Waals surface area contributed by atoms with E-state index in [0.717, 1.165) is 42.5 Å². The number of halogens is 1. The van der Waals surface area contributed by atoms with E-state index in [-0.39, 0.29) is 0 Å². The van der Waals surface area contributed by atoms with Crippen LogP contribution in [0.3, 0.4) is 0 Å². The fraction of sp³-hybridized carbons (Fsp3) is 0.571. The summed E-state index contributed by atoms with van der Waals surface area (Å²) in [7, 11) is 1.67. The molecule has 0 saturated carbocycles. The Morgan fingerprint density at radius 1 is 1.38 bits per heavy atom. The van der Waals surface area contributed by atoms with E-state index < -0.39 is 0 Å². The average Bonchev–Trinajstić information content (AvgIpc) is 3.10. The zero-order valence-corrected chi connectivity index (χ0v) is 13.6. The van der Waals surface area contributed by atoms with Gasteiger partial charge in [0, 0.05) is 31.6 Å². The van der Waals surface area contributed by atoms with Gasteiger partial charge in [-0.3, -0.25) is 4.90 Å². The standard InChI is InChI=1S/C14H19ClN4OS/c1-20-10-11-8-19(17-16-11)12-4-6-18(7-5-12)9-13-2-3-14(15)21-13/h2-3,8,12H,4-7,9-10H2,1H3. The number of thiophene rings is 1. The first-order valence-electron chi connectivity index (χ1n) is 7.11. The largest absolute Gasteiger partial charge is 0.378 e. The molecule has 0 unspecified atom stereocenters. The molecule has 1 fully saturated rings. The lowest BCUT2D eigenvalue weighted by Crippen LogP contribution is -2.34. The van der Waals surface area contributed by atoms with E-state index in [9.17, 15) is 0 Å². The molecule has 0 N–H and O–H groups in total. The predicted molar refractivity (Wildman–Crippen MR) is 83.6 cm³/mol. The summed E-state index contributed by atoms with van der Waals surface area (Å²) in [6, 6.07) is 4.54. The van der Waals surface area contributed by atoms with Crippen molar-refractivity contribution < 1.29 is 4.74 Å². The number of aromatic nitrogens is 3. The number of likely N-dealkylation sites (tertiary alicyclic amines) is 1. The molecule has 0 aromatic carbocycles. The van der Waals surface area contributed by atoms with Crippen molar-refractivity contribution in [3.05, 3.63) is 33.2 Å². The summed E-state index contributed by atoms with van der Waals surface area (Å²) in [6.07, 6.45) is 4.21. The molecular weight excluding hydrogens is 308 g/mol. The van der Waals surface area contributed by atoms with Crippen molar-refractivity contribution in [2.24, 2.45) is 0 Å². The van der Waals surface area contributed by atoms with E-state index in [2.05, 4.69) is 21.3 Å². The maximum atomic E-state index is 5.98. The first kappa shape index (κ1) is 15.0. The Morgan fingerprint density at radius 3 is 2.86 bits per heavy atom. The Morgan fingerprint density at radius 2 is 2.19 bits per heavy atom. The van der Waals surface area contributed by atoms with Gasteiger partial charge in [0.15, 0.2) is 0 Å². The van der Waals surface area contributed by atoms with Crippen LogP contribution in [0.4, 0.5) is 0 Å². The number of hydrogen-bond acceptors (Lipinski definition) is 5. The molecule has 0 spiro atoms. The molecule has 1 aliphatic heterocycles. The van der Waals surface area contributed by atoms with Crippen LogP contribution >= 0.6 is 22.9 Å². The maximum absolute atomic E-state index is 5.98. The molecule has 5 nitrogen and oxygen atoms in total. The molecule has 21 heavy (non-hydrogen) atoms. The van der Waals surface area contributed by atoms with Gasteiger partial charge >= 0.3 is 0 Å². The fourth-order valence-corrected chi connectivity index (χ4v) is 3.84. The predicted octanol–water partition coefficient (Wildman–Crippen LogP) is 2.98. The van der Waals surface area contributed by atoms with Crippen molar-refractivity contribution in [1.82, 2.24) is 19.9 Å². The summed E-state index contributed by atoms with van der Waals surface area (Å²) in [4.78, 5) is 3.81. The van der Waals surface area contributed by atoms with E-state index >= 15 is 0 Å². The van der Waals surface area contributed by atoms with Gasteiger partial charge in [-0.2, -0.15) is 0 Å². The van der Waals surface area contributed by atoms with Crippen molar-refractivity contribution in [2.45, 2.75) is 32.0 Å². The summed E-state index contributed by atoms with van der Waals surface area (Å²) in [5, 5.41) is 8.36. The minimum Gasteiger partial charge on any atom is -0.378 e. The van der Waals surface area contributed by atoms with Crippen LogP contribution in [0.25, 0.3) is 0 Å². The number of piperidine rings is 1. The third kappa shape index (κ3) is 3.83. The van der Waals surface area contributed by atoms with Crippen molar-refractivity contribution in [2.75, 3.05) is 20.2 Å². The highest BCUT2D eigenvalue weighted by Gasteiger charge is 2.22. The zero-order chi connectivity index (χ0) is 14.7. The van der Waals surface area contributed by atoms with Crippen LogP contribution in [-0.2, 0) is 17.9 Å². The Bertz CT molecular complexity index is 577. The molecule has 1 aliphatic rings. The Kier molecular flexibility index (Phi) is 4.90. The second-order valence-electron chi connectivity index (χ2n) is 5.34.